The molecule has 0 aromatic rings. The molecule has 4 unspecified atom stereocenters. The Labute approximate surface area is 130 Å². The van der Waals surface area contributed by atoms with Crippen LogP contribution in [0.3, 0.4) is 0 Å². The van der Waals surface area contributed by atoms with Crippen LogP contribution in [-0.2, 0) is 4.74 Å². The van der Waals surface area contributed by atoms with Gasteiger partial charge in [-0.2, -0.15) is 0 Å². The predicted octanol–water partition coefficient (Wildman–Crippen LogP) is 1.56. The van der Waals surface area contributed by atoms with Gasteiger partial charge < -0.3 is 19.9 Å². The molecule has 3 saturated heterocycles. The molecule has 1 N–H and O–H groups in total. The smallest absolute Gasteiger partial charge is 0.0726 e. The molecule has 4 heteroatoms. The molecule has 0 bridgehead atoms. The minimum atomic E-state index is 0.447. The van der Waals surface area contributed by atoms with Crippen LogP contribution in [0.1, 0.15) is 39.0 Å². The zero-order chi connectivity index (χ0) is 14.7. The molecule has 4 nitrogen and oxygen atoms in total. The monoisotopic (exact) mass is 295 g/mol. The highest BCUT2D eigenvalue weighted by atomic mass is 16.5. The van der Waals surface area contributed by atoms with Crippen LogP contribution in [0.15, 0.2) is 0 Å². The number of hydrogen-bond donors (Lipinski definition) is 1. The summed E-state index contributed by atoms with van der Waals surface area (Å²) in [6, 6.07) is 1.36. The van der Waals surface area contributed by atoms with E-state index in [1.807, 2.05) is 0 Å². The zero-order valence-corrected chi connectivity index (χ0v) is 13.9. The number of fused-ring (bicyclic) bond motifs is 1. The van der Waals surface area contributed by atoms with Crippen molar-refractivity contribution < 1.29 is 4.74 Å². The van der Waals surface area contributed by atoms with Crippen molar-refractivity contribution in [3.63, 3.8) is 0 Å². The second kappa shape index (κ2) is 7.40. The average Bonchev–Trinajstić information content (AvgIpc) is 3.01. The van der Waals surface area contributed by atoms with Gasteiger partial charge in [0.1, 0.15) is 0 Å². The van der Waals surface area contributed by atoms with E-state index in [9.17, 15) is 0 Å². The minimum absolute atomic E-state index is 0.447. The molecule has 4 atom stereocenters. The molecule has 3 aliphatic rings. The molecule has 122 valence electrons. The Kier molecular flexibility index (Phi) is 5.54. The summed E-state index contributed by atoms with van der Waals surface area (Å²) in [5.41, 5.74) is 0. The Hall–Kier alpha value is -0.160. The van der Waals surface area contributed by atoms with E-state index in [1.54, 1.807) is 0 Å². The normalized spacial score (nSPS) is 36.6. The molecular formula is C17H33N3O. The maximum Gasteiger partial charge on any atom is 0.0726 e. The first-order valence-corrected chi connectivity index (χ1v) is 9.01. The van der Waals surface area contributed by atoms with Gasteiger partial charge in [0.05, 0.1) is 6.10 Å². The van der Waals surface area contributed by atoms with E-state index in [4.69, 9.17) is 4.74 Å². The van der Waals surface area contributed by atoms with Gasteiger partial charge in [-0.05, 0) is 65.1 Å². The third-order valence-electron chi connectivity index (χ3n) is 5.85. The molecule has 3 aliphatic heterocycles. The number of hydrogen-bond acceptors (Lipinski definition) is 4. The van der Waals surface area contributed by atoms with Crippen molar-refractivity contribution in [2.24, 2.45) is 5.92 Å². The van der Waals surface area contributed by atoms with Gasteiger partial charge in [-0.25, -0.2) is 0 Å². The van der Waals surface area contributed by atoms with Crippen LogP contribution < -0.4 is 5.32 Å². The summed E-state index contributed by atoms with van der Waals surface area (Å²) in [7, 11) is 2.32. The summed E-state index contributed by atoms with van der Waals surface area (Å²) in [5.74, 6) is 0.910. The van der Waals surface area contributed by atoms with E-state index >= 15 is 0 Å². The van der Waals surface area contributed by atoms with Crippen molar-refractivity contribution in [1.29, 1.82) is 0 Å². The summed E-state index contributed by atoms with van der Waals surface area (Å²) in [5, 5.41) is 3.68. The number of ether oxygens (including phenoxy) is 1. The van der Waals surface area contributed by atoms with Gasteiger partial charge in [0.2, 0.25) is 0 Å². The first-order valence-electron chi connectivity index (χ1n) is 9.01. The lowest BCUT2D eigenvalue weighted by atomic mass is 9.84. The molecule has 0 spiro atoms. The number of piperidine rings is 2. The highest BCUT2D eigenvalue weighted by Crippen LogP contribution is 2.29. The first-order chi connectivity index (χ1) is 10.2. The van der Waals surface area contributed by atoms with E-state index in [0.29, 0.717) is 12.1 Å². The summed E-state index contributed by atoms with van der Waals surface area (Å²) in [4.78, 5) is 5.28. The third kappa shape index (κ3) is 3.98. The minimum Gasteiger partial charge on any atom is -0.377 e. The molecule has 0 aromatic carbocycles. The Morgan fingerprint density at radius 2 is 2.10 bits per heavy atom. The highest BCUT2D eigenvalue weighted by molar-refractivity contribution is 4.89. The lowest BCUT2D eigenvalue weighted by Crippen LogP contribution is -2.53. The Morgan fingerprint density at radius 1 is 1.19 bits per heavy atom. The van der Waals surface area contributed by atoms with Gasteiger partial charge in [-0.1, -0.05) is 0 Å². The lowest BCUT2D eigenvalue weighted by molar-refractivity contribution is 0.0373. The maximum atomic E-state index is 5.76. The van der Waals surface area contributed by atoms with Crippen molar-refractivity contribution in [1.82, 2.24) is 15.1 Å². The largest absolute Gasteiger partial charge is 0.377 e. The summed E-state index contributed by atoms with van der Waals surface area (Å²) in [6.07, 6.45) is 7.10. The van der Waals surface area contributed by atoms with Crippen LogP contribution in [0.2, 0.25) is 0 Å². The fourth-order valence-corrected chi connectivity index (χ4v) is 4.51. The lowest BCUT2D eigenvalue weighted by Gasteiger charge is -2.46. The number of nitrogens with one attached hydrogen (secondary N) is 1. The molecule has 3 rings (SSSR count). The van der Waals surface area contributed by atoms with E-state index in [1.165, 1.54) is 58.3 Å². The van der Waals surface area contributed by atoms with Crippen LogP contribution in [0.25, 0.3) is 0 Å². The molecule has 0 radical (unpaired) electrons. The van der Waals surface area contributed by atoms with E-state index in [2.05, 4.69) is 29.1 Å². The van der Waals surface area contributed by atoms with Crippen molar-refractivity contribution >= 4 is 0 Å². The number of rotatable bonds is 5. The van der Waals surface area contributed by atoms with Gasteiger partial charge in [0, 0.05) is 38.3 Å². The van der Waals surface area contributed by atoms with Crippen molar-refractivity contribution in [3.05, 3.63) is 0 Å². The SMILES string of the molecule is CC(NCCN1CCC2C(CCCN2C)C1)C1CCCO1. The number of likely N-dealkylation sites (tertiary alicyclic amines) is 2. The Morgan fingerprint density at radius 3 is 2.90 bits per heavy atom. The Balaban J connectivity index is 1.36. The van der Waals surface area contributed by atoms with Crippen molar-refractivity contribution in [2.75, 3.05) is 46.4 Å². The van der Waals surface area contributed by atoms with E-state index in [-0.39, 0.29) is 0 Å². The van der Waals surface area contributed by atoms with Crippen LogP contribution in [0.4, 0.5) is 0 Å². The van der Waals surface area contributed by atoms with Crippen LogP contribution in [-0.4, -0.2) is 74.4 Å². The van der Waals surface area contributed by atoms with Crippen molar-refractivity contribution in [2.45, 2.75) is 57.2 Å². The fraction of sp³-hybridized carbons (Fsp3) is 1.00. The van der Waals surface area contributed by atoms with Crippen molar-refractivity contribution in [3.8, 4) is 0 Å². The summed E-state index contributed by atoms with van der Waals surface area (Å²) in [6.45, 7) is 9.43. The second-order valence-corrected chi connectivity index (χ2v) is 7.33. The molecule has 0 saturated carbocycles. The summed E-state index contributed by atoms with van der Waals surface area (Å²) < 4.78 is 5.76. The predicted molar refractivity (Wildman–Crippen MR) is 86.6 cm³/mol. The first kappa shape index (κ1) is 15.7. The molecule has 21 heavy (non-hydrogen) atoms. The second-order valence-electron chi connectivity index (χ2n) is 7.33. The molecular weight excluding hydrogens is 262 g/mol. The topological polar surface area (TPSA) is 27.7 Å². The zero-order valence-electron chi connectivity index (χ0n) is 13.9. The van der Waals surface area contributed by atoms with Gasteiger partial charge >= 0.3 is 0 Å². The van der Waals surface area contributed by atoms with Crippen LogP contribution >= 0.6 is 0 Å². The fourth-order valence-electron chi connectivity index (χ4n) is 4.51. The van der Waals surface area contributed by atoms with Crippen LogP contribution in [0, 0.1) is 5.92 Å². The average molecular weight is 295 g/mol. The van der Waals surface area contributed by atoms with Gasteiger partial charge in [0.15, 0.2) is 0 Å². The van der Waals surface area contributed by atoms with E-state index in [0.717, 1.165) is 25.1 Å². The Bertz CT molecular complexity index is 319. The highest BCUT2D eigenvalue weighted by Gasteiger charge is 2.33. The standard InChI is InChI=1S/C17H33N3O/c1-14(17-6-4-12-21-17)18-8-11-20-10-7-16-15(13-20)5-3-9-19(16)2/h14-18H,3-13H2,1-2H3. The molecule has 0 aromatic heterocycles. The van der Waals surface area contributed by atoms with Gasteiger partial charge in [0.25, 0.3) is 0 Å². The maximum absolute atomic E-state index is 5.76. The molecule has 3 fully saturated rings. The quantitative estimate of drug-likeness (QED) is 0.833. The van der Waals surface area contributed by atoms with Crippen LogP contribution in [0.5, 0.6) is 0 Å². The molecule has 0 aliphatic carbocycles. The summed E-state index contributed by atoms with van der Waals surface area (Å²) >= 11 is 0. The number of nitrogens with zero attached hydrogens (tertiary/aromatic N) is 2. The third-order valence-corrected chi connectivity index (χ3v) is 5.85. The molecule has 0 amide bonds. The van der Waals surface area contributed by atoms with Gasteiger partial charge in [-0.15, -0.1) is 0 Å². The van der Waals surface area contributed by atoms with E-state index < -0.39 is 0 Å². The molecule has 3 heterocycles. The van der Waals surface area contributed by atoms with Gasteiger partial charge in [-0.3, -0.25) is 0 Å².